The summed E-state index contributed by atoms with van der Waals surface area (Å²) in [6, 6.07) is 0. The normalized spacial score (nSPS) is 17.4. The lowest BCUT2D eigenvalue weighted by Gasteiger charge is -2.36. The molecule has 0 unspecified atom stereocenters. The van der Waals surface area contributed by atoms with Gasteiger partial charge in [0.25, 0.3) is 0 Å². The maximum atomic E-state index is 12.3. The molecule has 1 fully saturated rings. The quantitative estimate of drug-likeness (QED) is 0.837. The highest BCUT2D eigenvalue weighted by Crippen LogP contribution is 2.26. The van der Waals surface area contributed by atoms with Crippen LogP contribution in [0.5, 0.6) is 0 Å². The minimum atomic E-state index is -0.186. The van der Waals surface area contributed by atoms with Gasteiger partial charge in [0, 0.05) is 18.5 Å². The number of piperidine rings is 1. The van der Waals surface area contributed by atoms with Crippen molar-refractivity contribution in [3.05, 3.63) is 0 Å². The van der Waals surface area contributed by atoms with E-state index in [2.05, 4.69) is 37.9 Å². The molecule has 0 bridgehead atoms. The van der Waals surface area contributed by atoms with E-state index in [1.165, 1.54) is 0 Å². The molecule has 1 saturated heterocycles. The fraction of sp³-hybridized carbons (Fsp3) is 0.929. The van der Waals surface area contributed by atoms with E-state index in [-0.39, 0.29) is 17.8 Å². The number of carbonyl (C=O) groups excluding carboxylic acids is 1. The van der Waals surface area contributed by atoms with Gasteiger partial charge >= 0.3 is 0 Å². The van der Waals surface area contributed by atoms with Gasteiger partial charge in [0.05, 0.1) is 0 Å². The van der Waals surface area contributed by atoms with Crippen molar-refractivity contribution in [3.8, 4) is 0 Å². The van der Waals surface area contributed by atoms with Crippen LogP contribution in [0.1, 0.15) is 47.0 Å². The summed E-state index contributed by atoms with van der Waals surface area (Å²) in [7, 11) is 0. The van der Waals surface area contributed by atoms with E-state index in [9.17, 15) is 4.79 Å². The summed E-state index contributed by atoms with van der Waals surface area (Å²) >= 11 is 0. The van der Waals surface area contributed by atoms with Gasteiger partial charge < -0.3 is 10.2 Å². The van der Waals surface area contributed by atoms with E-state index in [0.717, 1.165) is 51.4 Å². The van der Waals surface area contributed by atoms with E-state index in [0.29, 0.717) is 5.91 Å². The molecule has 0 aromatic rings. The lowest BCUT2D eigenvalue weighted by molar-refractivity contribution is -0.142. The number of amides is 1. The molecule has 18 heavy (non-hydrogen) atoms. The number of hydrogen-bond donors (Lipinski definition) is 1. The number of hydrogen-bond acceptors (Lipinski definition) is 2. The Balaban J connectivity index is 0.00000289. The van der Waals surface area contributed by atoms with E-state index >= 15 is 0 Å². The molecule has 0 radical (unpaired) electrons. The molecular formula is C14H29ClN2O. The Kier molecular flexibility index (Phi) is 7.88. The van der Waals surface area contributed by atoms with Crippen molar-refractivity contribution in [2.45, 2.75) is 47.0 Å². The van der Waals surface area contributed by atoms with Crippen molar-refractivity contribution in [1.29, 1.82) is 0 Å². The number of carbonyl (C=O) groups is 1. The Hall–Kier alpha value is -0.280. The average molecular weight is 277 g/mol. The van der Waals surface area contributed by atoms with Crippen molar-refractivity contribution < 1.29 is 4.79 Å². The van der Waals surface area contributed by atoms with E-state index in [1.54, 1.807) is 0 Å². The zero-order valence-electron chi connectivity index (χ0n) is 12.3. The number of likely N-dealkylation sites (tertiary alicyclic amines) is 1. The lowest BCUT2D eigenvalue weighted by Crippen LogP contribution is -2.46. The highest BCUT2D eigenvalue weighted by Gasteiger charge is 2.32. The predicted octanol–water partition coefficient (Wildman–Crippen LogP) is 2.69. The first kappa shape index (κ1) is 17.7. The minimum absolute atomic E-state index is 0. The van der Waals surface area contributed by atoms with Crippen molar-refractivity contribution in [2.24, 2.45) is 11.3 Å². The van der Waals surface area contributed by atoms with Crippen LogP contribution in [-0.2, 0) is 4.79 Å². The largest absolute Gasteiger partial charge is 0.342 e. The summed E-state index contributed by atoms with van der Waals surface area (Å²) in [5, 5.41) is 3.40. The Labute approximate surface area is 118 Å². The summed E-state index contributed by atoms with van der Waals surface area (Å²) in [4.78, 5) is 14.3. The van der Waals surface area contributed by atoms with Crippen LogP contribution in [0.2, 0.25) is 0 Å². The molecule has 0 aromatic carbocycles. The van der Waals surface area contributed by atoms with Crippen LogP contribution in [-0.4, -0.2) is 37.0 Å². The first-order valence-corrected chi connectivity index (χ1v) is 7.01. The van der Waals surface area contributed by atoms with E-state index < -0.39 is 0 Å². The van der Waals surface area contributed by atoms with Crippen LogP contribution in [0.3, 0.4) is 0 Å². The standard InChI is InChI=1S/C14H28N2O.ClH/c1-5-14(3,4)13(17)16-9-7-12(8-10-16)11-15-6-2;/h12,15H,5-11H2,1-4H3;1H. The minimum Gasteiger partial charge on any atom is -0.342 e. The maximum Gasteiger partial charge on any atom is 0.228 e. The molecule has 0 aromatic heterocycles. The highest BCUT2D eigenvalue weighted by molar-refractivity contribution is 5.85. The fourth-order valence-corrected chi connectivity index (χ4v) is 2.27. The Morgan fingerprint density at radius 3 is 2.28 bits per heavy atom. The summed E-state index contributed by atoms with van der Waals surface area (Å²) in [6.45, 7) is 12.4. The van der Waals surface area contributed by atoms with Crippen LogP contribution >= 0.6 is 12.4 Å². The average Bonchev–Trinajstić information content (AvgIpc) is 2.36. The zero-order valence-corrected chi connectivity index (χ0v) is 13.1. The van der Waals surface area contributed by atoms with Crippen molar-refractivity contribution in [3.63, 3.8) is 0 Å². The van der Waals surface area contributed by atoms with E-state index in [4.69, 9.17) is 0 Å². The molecule has 0 spiro atoms. The van der Waals surface area contributed by atoms with Gasteiger partial charge in [0.2, 0.25) is 5.91 Å². The lowest BCUT2D eigenvalue weighted by atomic mass is 9.87. The van der Waals surface area contributed by atoms with E-state index in [1.807, 2.05) is 0 Å². The molecule has 1 heterocycles. The van der Waals surface area contributed by atoms with Gasteiger partial charge in [-0.3, -0.25) is 4.79 Å². The van der Waals surface area contributed by atoms with Gasteiger partial charge in [-0.1, -0.05) is 27.7 Å². The number of nitrogens with one attached hydrogen (secondary N) is 1. The molecule has 4 heteroatoms. The fourth-order valence-electron chi connectivity index (χ4n) is 2.27. The van der Waals surface area contributed by atoms with Gasteiger partial charge in [-0.15, -0.1) is 12.4 Å². The maximum absolute atomic E-state index is 12.3. The second-order valence-corrected chi connectivity index (χ2v) is 5.78. The molecule has 0 aliphatic carbocycles. The molecule has 3 nitrogen and oxygen atoms in total. The van der Waals surface area contributed by atoms with Crippen molar-refractivity contribution >= 4 is 18.3 Å². The van der Waals surface area contributed by atoms with Gasteiger partial charge in [0.1, 0.15) is 0 Å². The molecule has 1 rings (SSSR count). The van der Waals surface area contributed by atoms with Gasteiger partial charge in [0.15, 0.2) is 0 Å². The molecule has 0 atom stereocenters. The number of rotatable bonds is 5. The number of halogens is 1. The summed E-state index contributed by atoms with van der Waals surface area (Å²) in [5.74, 6) is 1.09. The first-order valence-electron chi connectivity index (χ1n) is 7.01. The Bertz CT molecular complexity index is 248. The molecule has 1 aliphatic heterocycles. The molecule has 0 saturated carbocycles. The molecule has 1 aliphatic rings. The van der Waals surface area contributed by atoms with Crippen LogP contribution in [0.4, 0.5) is 0 Å². The second kappa shape index (κ2) is 8.00. The summed E-state index contributed by atoms with van der Waals surface area (Å²) in [5.41, 5.74) is -0.186. The molecular weight excluding hydrogens is 248 g/mol. The van der Waals surface area contributed by atoms with Crippen LogP contribution in [0, 0.1) is 11.3 Å². The van der Waals surface area contributed by atoms with Crippen LogP contribution in [0.15, 0.2) is 0 Å². The molecule has 108 valence electrons. The summed E-state index contributed by atoms with van der Waals surface area (Å²) < 4.78 is 0. The third kappa shape index (κ3) is 4.77. The topological polar surface area (TPSA) is 32.3 Å². The highest BCUT2D eigenvalue weighted by atomic mass is 35.5. The smallest absolute Gasteiger partial charge is 0.228 e. The monoisotopic (exact) mass is 276 g/mol. The third-order valence-corrected chi connectivity index (χ3v) is 4.05. The summed E-state index contributed by atoms with van der Waals surface area (Å²) in [6.07, 6.45) is 3.22. The third-order valence-electron chi connectivity index (χ3n) is 4.05. The molecule has 1 amide bonds. The zero-order chi connectivity index (χ0) is 12.9. The van der Waals surface area contributed by atoms with Crippen molar-refractivity contribution in [2.75, 3.05) is 26.2 Å². The molecule has 1 N–H and O–H groups in total. The predicted molar refractivity (Wildman–Crippen MR) is 79.2 cm³/mol. The first-order chi connectivity index (χ1) is 8.01. The van der Waals surface area contributed by atoms with Crippen LogP contribution in [0.25, 0.3) is 0 Å². The van der Waals surface area contributed by atoms with Gasteiger partial charge in [-0.25, -0.2) is 0 Å². The van der Waals surface area contributed by atoms with Gasteiger partial charge in [-0.05, 0) is 38.3 Å². The van der Waals surface area contributed by atoms with Crippen molar-refractivity contribution in [1.82, 2.24) is 10.2 Å². The Morgan fingerprint density at radius 2 is 1.83 bits per heavy atom. The van der Waals surface area contributed by atoms with Crippen LogP contribution < -0.4 is 5.32 Å². The number of nitrogens with zero attached hydrogens (tertiary/aromatic N) is 1. The van der Waals surface area contributed by atoms with Gasteiger partial charge in [-0.2, -0.15) is 0 Å². The second-order valence-electron chi connectivity index (χ2n) is 5.78. The SMILES string of the molecule is CCNCC1CCN(C(=O)C(C)(C)CC)CC1.Cl. The Morgan fingerprint density at radius 1 is 1.28 bits per heavy atom.